The van der Waals surface area contributed by atoms with Crippen LogP contribution in [0.5, 0.6) is 0 Å². The largest absolute Gasteiger partial charge is 0.267 e. The quantitative estimate of drug-likeness (QED) is 0.674. The second-order valence-corrected chi connectivity index (χ2v) is 2.59. The maximum absolute atomic E-state index is 9.97. The molecule has 1 rings (SSSR count). The van der Waals surface area contributed by atoms with E-state index in [2.05, 4.69) is 10.2 Å². The first-order chi connectivity index (χ1) is 5.29. The fraction of sp³-hybridized carbons (Fsp3) is 0.143. The van der Waals surface area contributed by atoms with Gasteiger partial charge in [-0.2, -0.15) is 0 Å². The van der Waals surface area contributed by atoms with Gasteiger partial charge < -0.3 is 0 Å². The van der Waals surface area contributed by atoms with Crippen molar-refractivity contribution in [3.05, 3.63) is 35.9 Å². The molecule has 3 nitrogen and oxygen atoms in total. The Balaban J connectivity index is 2.52. The molecule has 0 unspecified atom stereocenters. The van der Waals surface area contributed by atoms with Crippen molar-refractivity contribution in [1.82, 2.24) is 0 Å². The summed E-state index contributed by atoms with van der Waals surface area (Å²) in [5.74, 6) is 0. The molecule has 11 heavy (non-hydrogen) atoms. The molecule has 0 aromatic heterocycles. The van der Waals surface area contributed by atoms with Gasteiger partial charge in [0.2, 0.25) is 0 Å². The summed E-state index contributed by atoms with van der Waals surface area (Å²) in [4.78, 5) is 0. The monoisotopic (exact) mass is 171 g/mol. The van der Waals surface area contributed by atoms with Gasteiger partial charge in [0.1, 0.15) is 0 Å². The van der Waals surface area contributed by atoms with Crippen LogP contribution < -0.4 is 0 Å². The highest BCUT2D eigenvalue weighted by Crippen LogP contribution is 1.98. The molecular weight excluding hydrogens is 164 g/mol. The second kappa shape index (κ2) is 4.10. The third-order valence-corrected chi connectivity index (χ3v) is 1.44. The molecular formula is C7H7O3S. The number of benzene rings is 1. The summed E-state index contributed by atoms with van der Waals surface area (Å²) in [7, 11) is -2.74. The average Bonchev–Trinajstić information content (AvgIpc) is 2.03. The first-order valence-electron chi connectivity index (χ1n) is 3.02. The Morgan fingerprint density at radius 1 is 1.45 bits per heavy atom. The van der Waals surface area contributed by atoms with E-state index in [0.29, 0.717) is 0 Å². The van der Waals surface area contributed by atoms with Gasteiger partial charge in [0.05, 0.1) is 6.61 Å². The van der Waals surface area contributed by atoms with E-state index in [4.69, 9.17) is 0 Å². The molecule has 0 heterocycles. The molecule has 1 aromatic carbocycles. The van der Waals surface area contributed by atoms with Crippen molar-refractivity contribution >= 4 is 11.0 Å². The molecule has 0 N–H and O–H groups in total. The first kappa shape index (κ1) is 8.23. The molecule has 1 aromatic rings. The van der Waals surface area contributed by atoms with Gasteiger partial charge in [0, 0.05) is 0 Å². The zero-order valence-corrected chi connectivity index (χ0v) is 6.58. The van der Waals surface area contributed by atoms with Crippen molar-refractivity contribution in [2.24, 2.45) is 0 Å². The van der Waals surface area contributed by atoms with E-state index in [1.807, 2.05) is 0 Å². The van der Waals surface area contributed by atoms with Crippen LogP contribution in [0.25, 0.3) is 0 Å². The Morgan fingerprint density at radius 3 is 2.82 bits per heavy atom. The van der Waals surface area contributed by atoms with Crippen molar-refractivity contribution in [2.75, 3.05) is 0 Å². The number of hydrogen-bond donors (Lipinski definition) is 1. The van der Waals surface area contributed by atoms with Crippen LogP contribution in [0.15, 0.2) is 24.3 Å². The molecule has 1 radical (unpaired) electrons. The van der Waals surface area contributed by atoms with Crippen LogP contribution in [0.4, 0.5) is 0 Å². The number of hydrogen-bond acceptors (Lipinski definition) is 3. The Morgan fingerprint density at radius 2 is 2.27 bits per heavy atom. The average molecular weight is 171 g/mol. The predicted octanol–water partition coefficient (Wildman–Crippen LogP) is 0.530. The van der Waals surface area contributed by atoms with Crippen LogP contribution in [0.1, 0.15) is 5.56 Å². The fourth-order valence-corrected chi connectivity index (χ4v) is 0.887. The Labute approximate surface area is 66.8 Å². The van der Waals surface area contributed by atoms with Gasteiger partial charge in [0.15, 0.2) is 0 Å². The summed E-state index contributed by atoms with van der Waals surface area (Å²) < 4.78 is 24.3. The minimum absolute atomic E-state index is 0.0690. The summed E-state index contributed by atoms with van der Waals surface area (Å²) in [5.41, 5.74) is 0.728. The summed E-state index contributed by atoms with van der Waals surface area (Å²) in [5, 5.41) is 0. The minimum atomic E-state index is -2.74. The van der Waals surface area contributed by atoms with Crippen LogP contribution in [-0.4, -0.2) is 8.42 Å². The molecule has 0 spiro atoms. The van der Waals surface area contributed by atoms with Gasteiger partial charge in [-0.25, -0.2) is 8.42 Å². The number of rotatable bonds is 3. The van der Waals surface area contributed by atoms with E-state index < -0.39 is 11.0 Å². The molecule has 0 saturated heterocycles. The summed E-state index contributed by atoms with van der Waals surface area (Å²) in [6, 6.07) is 9.89. The smallest absolute Gasteiger partial charge is 0.257 e. The first-order valence-corrected chi connectivity index (χ1v) is 4.11. The van der Waals surface area contributed by atoms with Crippen LogP contribution in [0, 0.1) is 6.07 Å². The van der Waals surface area contributed by atoms with Crippen molar-refractivity contribution in [3.63, 3.8) is 0 Å². The van der Waals surface area contributed by atoms with E-state index in [-0.39, 0.29) is 6.61 Å². The maximum atomic E-state index is 9.97. The van der Waals surface area contributed by atoms with E-state index >= 15 is 0 Å². The normalized spacial score (nSPS) is 10.3. The van der Waals surface area contributed by atoms with E-state index in [9.17, 15) is 8.42 Å². The molecule has 0 fully saturated rings. The minimum Gasteiger partial charge on any atom is -0.267 e. The predicted molar refractivity (Wildman–Crippen MR) is 40.4 cm³/mol. The molecule has 4 heteroatoms. The van der Waals surface area contributed by atoms with Crippen molar-refractivity contribution in [1.29, 1.82) is 0 Å². The van der Waals surface area contributed by atoms with Crippen LogP contribution in [0.3, 0.4) is 0 Å². The van der Waals surface area contributed by atoms with E-state index in [0.717, 1.165) is 5.56 Å². The Bertz CT molecular complexity index is 271. The third-order valence-electron chi connectivity index (χ3n) is 1.10. The van der Waals surface area contributed by atoms with Crippen LogP contribution in [0.2, 0.25) is 0 Å². The lowest BCUT2D eigenvalue weighted by atomic mass is 10.2. The standard InChI is InChI=1S/C7H7O3S/c8-11(9)10-6-7-4-2-1-3-5-7/h1-4,11H,6H2. The summed E-state index contributed by atoms with van der Waals surface area (Å²) in [6.45, 7) is 0.0690. The number of thiol groups is 1. The van der Waals surface area contributed by atoms with Crippen LogP contribution in [-0.2, 0) is 21.8 Å². The molecule has 59 valence electrons. The molecule has 0 saturated carbocycles. The highest BCUT2D eigenvalue weighted by atomic mass is 32.2. The molecule has 0 aliphatic carbocycles. The van der Waals surface area contributed by atoms with Gasteiger partial charge in [-0.15, -0.1) is 0 Å². The maximum Gasteiger partial charge on any atom is 0.257 e. The van der Waals surface area contributed by atoms with Crippen molar-refractivity contribution in [3.8, 4) is 0 Å². The molecule has 0 bridgehead atoms. The molecule has 0 amide bonds. The molecule has 0 atom stereocenters. The van der Waals surface area contributed by atoms with Gasteiger partial charge in [0.25, 0.3) is 11.0 Å². The lowest BCUT2D eigenvalue weighted by molar-refractivity contribution is 0.323. The fourth-order valence-electron chi connectivity index (χ4n) is 0.643. The lowest BCUT2D eigenvalue weighted by Crippen LogP contribution is -1.89. The highest BCUT2D eigenvalue weighted by molar-refractivity contribution is 7.67. The molecule has 0 aliphatic heterocycles. The topological polar surface area (TPSA) is 43.4 Å². The van der Waals surface area contributed by atoms with Crippen molar-refractivity contribution < 1.29 is 12.6 Å². The molecule has 0 aliphatic rings. The van der Waals surface area contributed by atoms with Gasteiger partial charge >= 0.3 is 0 Å². The van der Waals surface area contributed by atoms with E-state index in [1.165, 1.54) is 0 Å². The SMILES string of the molecule is O=[SH](=O)OCc1[c]cccc1. The lowest BCUT2D eigenvalue weighted by Gasteiger charge is -1.94. The van der Waals surface area contributed by atoms with Gasteiger partial charge in [-0.1, -0.05) is 24.3 Å². The Kier molecular flexibility index (Phi) is 3.07. The van der Waals surface area contributed by atoms with E-state index in [1.54, 1.807) is 24.3 Å². The second-order valence-electron chi connectivity index (χ2n) is 1.88. The van der Waals surface area contributed by atoms with Gasteiger partial charge in [-0.3, -0.25) is 4.18 Å². The zero-order chi connectivity index (χ0) is 8.10. The van der Waals surface area contributed by atoms with Crippen LogP contribution >= 0.6 is 0 Å². The zero-order valence-electron chi connectivity index (χ0n) is 5.69. The third kappa shape index (κ3) is 3.15. The summed E-state index contributed by atoms with van der Waals surface area (Å²) >= 11 is 0. The highest BCUT2D eigenvalue weighted by Gasteiger charge is 1.90. The van der Waals surface area contributed by atoms with Crippen molar-refractivity contribution in [2.45, 2.75) is 6.61 Å². The Hall–Kier alpha value is -0.870. The van der Waals surface area contributed by atoms with Gasteiger partial charge in [-0.05, 0) is 11.6 Å². The summed E-state index contributed by atoms with van der Waals surface area (Å²) in [6.07, 6.45) is 0.